The standard InChI is InChI=1S/C57H63F2N6O12PS2/c1-55(2,3)48(61-50(69)45-31-36-29-37(17-20-44(36)80-45)57(58,59)78(74,75)77-33-76-54(73)56(4,5)6)53(72)64-26-12-16-42(64)52(71)63(38-18-21-43-35(30-38)24-28-79-43)27-23-47(67)62(7)25-10-8-9-13-34-14-11-15-39-40(34)32-65(51(39)70)41-19-22-46(66)60-49(41)68/h11,14-15,17-18,20-21,24,28-31,41-42,48H,8,10,12,16,19,22-23,25-27,32-33H2,1-7H3,(H,61,69)(H,74,75)(H,60,66,68)/t41?,42-,48+/m0/s1. The molecule has 3 aliphatic heterocycles. The Hall–Kier alpha value is -6.89. The number of rotatable bonds is 17. The predicted octanol–water partition coefficient (Wildman–Crippen LogP) is 8.52. The SMILES string of the molecule is CN(CCCC#Cc1cccc2c1CN(C1CCC(=O)NC1=O)C2=O)C(=O)CCN(C(=O)[C@@H]1CCCN1C(=O)[C@@H](NC(=O)c1cc2cc(C(F)(F)P(=O)(O)OCOC(=O)C(C)(C)C)ccc2s1)C(C)(C)C)c1ccc2sccc2c1. The predicted molar refractivity (Wildman–Crippen MR) is 298 cm³/mol. The molecule has 5 aromatic rings. The largest absolute Gasteiger partial charge is 0.438 e. The highest BCUT2D eigenvalue weighted by atomic mass is 32.1. The molecular weight excluding hydrogens is 1090 g/mol. The summed E-state index contributed by atoms with van der Waals surface area (Å²) in [5, 5.41) is 8.13. The minimum Gasteiger partial charge on any atom is -0.438 e. The molecule has 0 aliphatic carbocycles. The number of halogens is 2. The number of esters is 1. The Morgan fingerprint density at radius 1 is 0.950 bits per heavy atom. The molecule has 0 saturated carbocycles. The summed E-state index contributed by atoms with van der Waals surface area (Å²) < 4.78 is 54.6. The lowest BCUT2D eigenvalue weighted by Gasteiger charge is -2.36. The van der Waals surface area contributed by atoms with Gasteiger partial charge in [-0.15, -0.1) is 22.7 Å². The van der Waals surface area contributed by atoms with E-state index in [0.717, 1.165) is 39.1 Å². The summed E-state index contributed by atoms with van der Waals surface area (Å²) in [6, 6.07) is 14.4. The average Bonchev–Trinajstić information content (AvgIpc) is 4.24. The third-order valence-electron chi connectivity index (χ3n) is 14.3. The summed E-state index contributed by atoms with van der Waals surface area (Å²) in [7, 11) is -4.07. The van der Waals surface area contributed by atoms with Crippen LogP contribution in [0.15, 0.2) is 72.1 Å². The molecule has 0 radical (unpaired) electrons. The third-order valence-corrected chi connectivity index (χ3v) is 17.7. The molecule has 3 N–H and O–H groups in total. The molecule has 3 aromatic carbocycles. The first-order valence-corrected chi connectivity index (χ1v) is 29.4. The van der Waals surface area contributed by atoms with E-state index in [-0.39, 0.29) is 66.9 Å². The van der Waals surface area contributed by atoms with Gasteiger partial charge in [-0.05, 0) is 128 Å². The Morgan fingerprint density at radius 3 is 2.42 bits per heavy atom. The number of fused-ring (bicyclic) bond motifs is 3. The van der Waals surface area contributed by atoms with Crippen molar-refractivity contribution in [2.24, 2.45) is 10.8 Å². The van der Waals surface area contributed by atoms with Gasteiger partial charge >= 0.3 is 19.2 Å². The van der Waals surface area contributed by atoms with Gasteiger partial charge in [0.1, 0.15) is 18.1 Å². The van der Waals surface area contributed by atoms with Crippen LogP contribution in [0.4, 0.5) is 14.5 Å². The number of unbranched alkanes of at least 4 members (excludes halogenated alkanes) is 1. The summed E-state index contributed by atoms with van der Waals surface area (Å²) in [6.45, 7) is 9.40. The Labute approximate surface area is 469 Å². The molecule has 4 atom stereocenters. The Kier molecular flexibility index (Phi) is 17.5. The lowest BCUT2D eigenvalue weighted by Crippen LogP contribution is -2.58. The van der Waals surface area contributed by atoms with Crippen LogP contribution in [0.3, 0.4) is 0 Å². The van der Waals surface area contributed by atoms with Crippen LogP contribution in [0.5, 0.6) is 0 Å². The van der Waals surface area contributed by atoms with Crippen molar-refractivity contribution in [3.63, 3.8) is 0 Å². The monoisotopic (exact) mass is 1160 g/mol. The topological polar surface area (TPSA) is 229 Å². The van der Waals surface area contributed by atoms with Gasteiger partial charge in [0.05, 0.1) is 10.3 Å². The van der Waals surface area contributed by atoms with Crippen molar-refractivity contribution in [2.75, 3.05) is 38.4 Å². The van der Waals surface area contributed by atoms with Gasteiger partial charge in [0.15, 0.2) is 0 Å². The minimum atomic E-state index is -5.75. The van der Waals surface area contributed by atoms with Crippen LogP contribution in [0.2, 0.25) is 0 Å². The maximum Gasteiger partial charge on any atom is 0.404 e. The van der Waals surface area contributed by atoms with Crippen LogP contribution in [0.25, 0.3) is 20.2 Å². The maximum absolute atomic E-state index is 15.5. The fourth-order valence-electron chi connectivity index (χ4n) is 9.71. The molecule has 2 fully saturated rings. The number of alkyl halides is 2. The number of ether oxygens (including phenoxy) is 1. The van der Waals surface area contributed by atoms with E-state index in [9.17, 15) is 47.8 Å². The lowest BCUT2D eigenvalue weighted by molar-refractivity contribution is -0.160. The summed E-state index contributed by atoms with van der Waals surface area (Å²) in [6.07, 6.45) is 2.12. The van der Waals surface area contributed by atoms with E-state index in [1.54, 1.807) is 44.9 Å². The van der Waals surface area contributed by atoms with Gasteiger partial charge in [0.2, 0.25) is 36.3 Å². The van der Waals surface area contributed by atoms with E-state index in [4.69, 9.17) is 4.74 Å². The summed E-state index contributed by atoms with van der Waals surface area (Å²) in [5.74, 6) is 2.52. The molecule has 23 heteroatoms. The normalized spacial score (nSPS) is 17.8. The number of anilines is 1. The van der Waals surface area contributed by atoms with E-state index in [1.165, 1.54) is 58.9 Å². The number of hydrogen-bond acceptors (Lipinski definition) is 13. The third kappa shape index (κ3) is 12.8. The first kappa shape index (κ1) is 59.2. The highest BCUT2D eigenvalue weighted by molar-refractivity contribution is 7.53. The summed E-state index contributed by atoms with van der Waals surface area (Å²) in [5.41, 5.74) is -4.84. The van der Waals surface area contributed by atoms with Gasteiger partial charge < -0.3 is 34.5 Å². The summed E-state index contributed by atoms with van der Waals surface area (Å²) >= 11 is 2.49. The van der Waals surface area contributed by atoms with Crippen LogP contribution < -0.4 is 15.5 Å². The number of nitrogens with one attached hydrogen (secondary N) is 2. The van der Waals surface area contributed by atoms with E-state index in [1.807, 2.05) is 35.7 Å². The van der Waals surface area contributed by atoms with Crippen LogP contribution in [-0.2, 0) is 54.8 Å². The zero-order valence-corrected chi connectivity index (χ0v) is 47.9. The number of carbonyl (C=O) groups excluding carboxylic acids is 8. The van der Waals surface area contributed by atoms with Gasteiger partial charge in [-0.3, -0.25) is 52.8 Å². The van der Waals surface area contributed by atoms with Crippen LogP contribution in [-0.4, -0.2) is 119 Å². The van der Waals surface area contributed by atoms with Crippen LogP contribution >= 0.6 is 30.3 Å². The van der Waals surface area contributed by atoms with Crippen molar-refractivity contribution in [1.82, 2.24) is 25.3 Å². The fourth-order valence-corrected chi connectivity index (χ4v) is 12.3. The molecule has 2 saturated heterocycles. The van der Waals surface area contributed by atoms with Gasteiger partial charge in [-0.1, -0.05) is 44.7 Å². The maximum atomic E-state index is 15.5. The minimum absolute atomic E-state index is 0.00155. The molecule has 0 spiro atoms. The molecule has 2 aromatic heterocycles. The molecule has 5 heterocycles. The van der Waals surface area contributed by atoms with Crippen LogP contribution in [0, 0.1) is 22.7 Å². The number of imide groups is 1. The fraction of sp³-hybridized carbons (Fsp3) is 0.439. The zero-order valence-electron chi connectivity index (χ0n) is 45.4. The second-order valence-corrected chi connectivity index (χ2v) is 26.0. The molecule has 18 nitrogen and oxygen atoms in total. The number of benzene rings is 3. The molecule has 8 rings (SSSR count). The molecule has 0 bridgehead atoms. The van der Waals surface area contributed by atoms with Gasteiger partial charge in [-0.25, -0.2) is 0 Å². The van der Waals surface area contributed by atoms with Gasteiger partial charge in [0, 0.05) is 84.3 Å². The van der Waals surface area contributed by atoms with E-state index < -0.39 is 84.2 Å². The Morgan fingerprint density at radius 2 is 1.70 bits per heavy atom. The Bertz CT molecular complexity index is 3410. The quantitative estimate of drug-likeness (QED) is 0.0199. The number of thiophene rings is 2. The van der Waals surface area contributed by atoms with E-state index in [0.29, 0.717) is 53.7 Å². The van der Waals surface area contributed by atoms with Crippen molar-refractivity contribution < 1.29 is 65.9 Å². The van der Waals surface area contributed by atoms with Crippen molar-refractivity contribution in [2.45, 2.75) is 117 Å². The molecule has 80 heavy (non-hydrogen) atoms. The molecule has 3 aliphatic rings. The lowest BCUT2D eigenvalue weighted by atomic mass is 9.85. The first-order chi connectivity index (χ1) is 37.7. The zero-order chi connectivity index (χ0) is 58.1. The van der Waals surface area contributed by atoms with E-state index >= 15 is 8.78 Å². The highest BCUT2D eigenvalue weighted by Gasteiger charge is 2.53. The first-order valence-electron chi connectivity index (χ1n) is 26.1. The smallest absolute Gasteiger partial charge is 0.404 e. The van der Waals surface area contributed by atoms with Crippen molar-refractivity contribution in [1.29, 1.82) is 0 Å². The summed E-state index contributed by atoms with van der Waals surface area (Å²) in [4.78, 5) is 124. The number of carbonyl (C=O) groups is 8. The van der Waals surface area contributed by atoms with Crippen molar-refractivity contribution >= 4 is 103 Å². The number of amides is 7. The Balaban J connectivity index is 0.910. The second-order valence-electron chi connectivity index (χ2n) is 22.2. The van der Waals surface area contributed by atoms with Gasteiger partial charge in [0.25, 0.3) is 11.8 Å². The number of likely N-dealkylation sites (tertiary alicyclic amines) is 1. The van der Waals surface area contributed by atoms with Crippen molar-refractivity contribution in [3.8, 4) is 11.8 Å². The average molecular weight is 1160 g/mol. The molecule has 2 unspecified atom stereocenters. The second kappa shape index (κ2) is 23.7. The van der Waals surface area contributed by atoms with Gasteiger partial charge in [-0.2, -0.15) is 8.78 Å². The highest BCUT2D eigenvalue weighted by Crippen LogP contribution is 2.63. The van der Waals surface area contributed by atoms with E-state index in [2.05, 4.69) is 27.0 Å². The van der Waals surface area contributed by atoms with Crippen molar-refractivity contribution in [3.05, 3.63) is 99.2 Å². The number of piperidine rings is 1. The van der Waals surface area contributed by atoms with Crippen LogP contribution in [0.1, 0.15) is 123 Å². The molecular formula is C57H63F2N6O12PS2. The number of nitrogens with zero attached hydrogens (tertiary/aromatic N) is 4. The molecule has 7 amide bonds. The number of hydrogen-bond donors (Lipinski definition) is 3. The molecule has 424 valence electrons.